The first-order chi connectivity index (χ1) is 9.63. The van der Waals surface area contributed by atoms with Crippen molar-refractivity contribution < 1.29 is 19.4 Å². The van der Waals surface area contributed by atoms with Crippen LogP contribution in [0.5, 0.6) is 17.2 Å². The summed E-state index contributed by atoms with van der Waals surface area (Å²) in [5.74, 6) is 0.161. The Kier molecular flexibility index (Phi) is 4.25. The molecule has 104 valence electrons. The second-order valence-electron chi connectivity index (χ2n) is 4.32. The second-order valence-corrected chi connectivity index (χ2v) is 4.32. The number of Topliss-reactive ketones (excluding diaryl/α,β-unsaturated/α-hetero) is 1. The number of methoxy groups -OCH3 is 1. The van der Waals surface area contributed by atoms with E-state index in [2.05, 4.69) is 0 Å². The number of rotatable bonds is 5. The molecule has 4 heteroatoms. The molecular weight excluding hydrogens is 256 g/mol. The van der Waals surface area contributed by atoms with E-state index < -0.39 is 0 Å². The van der Waals surface area contributed by atoms with E-state index in [4.69, 9.17) is 9.47 Å². The Labute approximate surface area is 117 Å². The van der Waals surface area contributed by atoms with Gasteiger partial charge in [-0.3, -0.25) is 4.79 Å². The van der Waals surface area contributed by atoms with E-state index in [1.165, 1.54) is 20.1 Å². The number of benzene rings is 2. The summed E-state index contributed by atoms with van der Waals surface area (Å²) >= 11 is 0. The summed E-state index contributed by atoms with van der Waals surface area (Å²) in [7, 11) is 1.42. The topological polar surface area (TPSA) is 55.8 Å². The number of carbonyl (C=O) groups excluding carboxylic acids is 1. The maximum absolute atomic E-state index is 11.4. The van der Waals surface area contributed by atoms with Crippen molar-refractivity contribution >= 4 is 5.78 Å². The molecule has 0 unspecified atom stereocenters. The van der Waals surface area contributed by atoms with Crippen LogP contribution in [0.4, 0.5) is 0 Å². The molecule has 0 heterocycles. The van der Waals surface area contributed by atoms with Crippen LogP contribution in [-0.4, -0.2) is 18.0 Å². The predicted octanol–water partition coefficient (Wildman–Crippen LogP) is 3.18. The molecule has 0 aliphatic rings. The zero-order valence-electron chi connectivity index (χ0n) is 11.4. The second kappa shape index (κ2) is 6.10. The lowest BCUT2D eigenvalue weighted by molar-refractivity contribution is 0.101. The van der Waals surface area contributed by atoms with Crippen molar-refractivity contribution in [3.8, 4) is 17.2 Å². The van der Waals surface area contributed by atoms with Gasteiger partial charge in [0.25, 0.3) is 0 Å². The van der Waals surface area contributed by atoms with Gasteiger partial charge in [-0.25, -0.2) is 0 Å². The summed E-state index contributed by atoms with van der Waals surface area (Å²) in [5, 5.41) is 10.0. The Morgan fingerprint density at radius 3 is 2.45 bits per heavy atom. The molecular formula is C16H16O4. The molecule has 0 spiro atoms. The molecule has 1 N–H and O–H groups in total. The van der Waals surface area contributed by atoms with E-state index in [9.17, 15) is 9.90 Å². The highest BCUT2D eigenvalue weighted by atomic mass is 16.5. The number of phenolic OH excluding ortho intramolecular Hbond substituents is 1. The lowest BCUT2D eigenvalue weighted by atomic mass is 10.1. The fourth-order valence-electron chi connectivity index (χ4n) is 1.88. The zero-order valence-corrected chi connectivity index (χ0v) is 11.4. The largest absolute Gasteiger partial charge is 0.504 e. The Bertz CT molecular complexity index is 605. The van der Waals surface area contributed by atoms with Crippen LogP contribution in [0.3, 0.4) is 0 Å². The van der Waals surface area contributed by atoms with E-state index in [0.29, 0.717) is 12.4 Å². The summed E-state index contributed by atoms with van der Waals surface area (Å²) in [4.78, 5) is 11.4. The third-order valence-electron chi connectivity index (χ3n) is 2.92. The highest BCUT2D eigenvalue weighted by Crippen LogP contribution is 2.39. The molecule has 0 aliphatic carbocycles. The molecule has 2 aromatic rings. The minimum absolute atomic E-state index is 0.175. The first-order valence-corrected chi connectivity index (χ1v) is 6.21. The summed E-state index contributed by atoms with van der Waals surface area (Å²) in [6.07, 6.45) is 0. The molecule has 0 aliphatic heterocycles. The fraction of sp³-hybridized carbons (Fsp3) is 0.188. The van der Waals surface area contributed by atoms with Crippen LogP contribution < -0.4 is 9.47 Å². The first kappa shape index (κ1) is 13.9. The minimum Gasteiger partial charge on any atom is -0.504 e. The van der Waals surface area contributed by atoms with E-state index >= 15 is 0 Å². The molecule has 0 fully saturated rings. The van der Waals surface area contributed by atoms with Crippen molar-refractivity contribution in [2.45, 2.75) is 13.5 Å². The van der Waals surface area contributed by atoms with Crippen LogP contribution in [0.2, 0.25) is 0 Å². The Balaban J connectivity index is 2.24. The van der Waals surface area contributed by atoms with Gasteiger partial charge in [0.1, 0.15) is 6.61 Å². The number of ketones is 1. The lowest BCUT2D eigenvalue weighted by Gasteiger charge is -2.13. The average molecular weight is 272 g/mol. The van der Waals surface area contributed by atoms with Gasteiger partial charge >= 0.3 is 0 Å². The van der Waals surface area contributed by atoms with Gasteiger partial charge in [-0.1, -0.05) is 30.3 Å². The van der Waals surface area contributed by atoms with Crippen molar-refractivity contribution in [2.24, 2.45) is 0 Å². The van der Waals surface area contributed by atoms with E-state index in [1.54, 1.807) is 6.07 Å². The monoisotopic (exact) mass is 272 g/mol. The van der Waals surface area contributed by atoms with Crippen LogP contribution in [0.15, 0.2) is 42.5 Å². The number of hydrogen-bond donors (Lipinski definition) is 1. The third-order valence-corrected chi connectivity index (χ3v) is 2.92. The van der Waals surface area contributed by atoms with Crippen LogP contribution in [-0.2, 0) is 6.61 Å². The van der Waals surface area contributed by atoms with E-state index in [-0.39, 0.29) is 22.8 Å². The number of carbonyl (C=O) groups is 1. The van der Waals surface area contributed by atoms with Crippen molar-refractivity contribution in [1.82, 2.24) is 0 Å². The average Bonchev–Trinajstić information content (AvgIpc) is 2.45. The number of phenols is 1. The molecule has 0 saturated carbocycles. The normalized spacial score (nSPS) is 10.1. The molecule has 20 heavy (non-hydrogen) atoms. The van der Waals surface area contributed by atoms with Gasteiger partial charge in [0.05, 0.1) is 12.7 Å². The number of aromatic hydroxyl groups is 1. The van der Waals surface area contributed by atoms with Gasteiger partial charge in [0, 0.05) is 0 Å². The van der Waals surface area contributed by atoms with E-state index in [1.807, 2.05) is 30.3 Å². The fourth-order valence-corrected chi connectivity index (χ4v) is 1.88. The SMILES string of the molecule is COc1c(OCc2ccccc2)ccc(C(C)=O)c1O. The highest BCUT2D eigenvalue weighted by Gasteiger charge is 2.17. The number of ether oxygens (including phenoxy) is 2. The van der Waals surface area contributed by atoms with Crippen molar-refractivity contribution in [3.05, 3.63) is 53.6 Å². The lowest BCUT2D eigenvalue weighted by Crippen LogP contribution is -2.00. The Hall–Kier alpha value is -2.49. The van der Waals surface area contributed by atoms with Gasteiger partial charge in [-0.15, -0.1) is 0 Å². The van der Waals surface area contributed by atoms with Crippen LogP contribution in [0.1, 0.15) is 22.8 Å². The quantitative estimate of drug-likeness (QED) is 0.849. The van der Waals surface area contributed by atoms with Crippen molar-refractivity contribution in [1.29, 1.82) is 0 Å². The van der Waals surface area contributed by atoms with E-state index in [0.717, 1.165) is 5.56 Å². The molecule has 2 aromatic carbocycles. The molecule has 2 rings (SSSR count). The molecule has 4 nitrogen and oxygen atoms in total. The first-order valence-electron chi connectivity index (χ1n) is 6.21. The molecule has 0 bridgehead atoms. The zero-order chi connectivity index (χ0) is 14.5. The predicted molar refractivity (Wildman–Crippen MR) is 75.4 cm³/mol. The maximum Gasteiger partial charge on any atom is 0.203 e. The van der Waals surface area contributed by atoms with Crippen LogP contribution in [0, 0.1) is 0 Å². The standard InChI is InChI=1S/C16H16O4/c1-11(17)13-8-9-14(16(19-2)15(13)18)20-10-12-6-4-3-5-7-12/h3-9,18H,10H2,1-2H3. The van der Waals surface area contributed by atoms with Crippen molar-refractivity contribution in [3.63, 3.8) is 0 Å². The van der Waals surface area contributed by atoms with Gasteiger partial charge in [-0.2, -0.15) is 0 Å². The third kappa shape index (κ3) is 2.91. The van der Waals surface area contributed by atoms with Crippen LogP contribution in [0.25, 0.3) is 0 Å². The smallest absolute Gasteiger partial charge is 0.203 e. The summed E-state index contributed by atoms with van der Waals surface area (Å²) in [6, 6.07) is 12.8. The molecule has 0 amide bonds. The highest BCUT2D eigenvalue weighted by molar-refractivity contribution is 5.98. The minimum atomic E-state index is -0.226. The Morgan fingerprint density at radius 2 is 1.85 bits per heavy atom. The van der Waals surface area contributed by atoms with Gasteiger partial charge in [0.2, 0.25) is 5.75 Å². The van der Waals surface area contributed by atoms with Crippen molar-refractivity contribution in [2.75, 3.05) is 7.11 Å². The summed E-state index contributed by atoms with van der Waals surface area (Å²) < 4.78 is 10.8. The van der Waals surface area contributed by atoms with Gasteiger partial charge < -0.3 is 14.6 Å². The van der Waals surface area contributed by atoms with Gasteiger partial charge in [-0.05, 0) is 24.6 Å². The van der Waals surface area contributed by atoms with Crippen LogP contribution >= 0.6 is 0 Å². The molecule has 0 aromatic heterocycles. The molecule has 0 atom stereocenters. The summed E-state index contributed by atoms with van der Waals surface area (Å²) in [5.41, 5.74) is 1.22. The number of hydrogen-bond acceptors (Lipinski definition) is 4. The molecule has 0 radical (unpaired) electrons. The van der Waals surface area contributed by atoms with Gasteiger partial charge in [0.15, 0.2) is 17.3 Å². The molecule has 0 saturated heterocycles. The summed E-state index contributed by atoms with van der Waals surface area (Å²) in [6.45, 7) is 1.75. The maximum atomic E-state index is 11.4. The Morgan fingerprint density at radius 1 is 1.15 bits per heavy atom.